The topological polar surface area (TPSA) is 28.7 Å². The van der Waals surface area contributed by atoms with Crippen molar-refractivity contribution in [3.63, 3.8) is 0 Å². The molecule has 0 unspecified atom stereocenters. The predicted molar refractivity (Wildman–Crippen MR) is 105 cm³/mol. The molecular formula is C23H18N2. The third-order valence-corrected chi connectivity index (χ3v) is 4.21. The number of rotatable bonds is 4. The van der Waals surface area contributed by atoms with E-state index in [9.17, 15) is 0 Å². The Labute approximate surface area is 147 Å². The molecule has 0 bridgehead atoms. The molecular weight excluding hydrogens is 304 g/mol. The molecule has 3 aromatic carbocycles. The normalized spacial score (nSPS) is 10.6. The van der Waals surface area contributed by atoms with Gasteiger partial charge in [0.1, 0.15) is 5.82 Å². The third-order valence-electron chi connectivity index (χ3n) is 4.21. The lowest BCUT2D eigenvalue weighted by atomic mass is 10.1. The second kappa shape index (κ2) is 6.62. The molecule has 4 aromatic rings. The molecule has 0 saturated carbocycles. The lowest BCUT2D eigenvalue weighted by Crippen LogP contribution is -1.82. The van der Waals surface area contributed by atoms with Crippen LogP contribution in [0.25, 0.3) is 40.0 Å². The molecule has 1 heterocycles. The van der Waals surface area contributed by atoms with Crippen LogP contribution < -0.4 is 0 Å². The van der Waals surface area contributed by atoms with Crippen molar-refractivity contribution in [1.29, 1.82) is 0 Å². The van der Waals surface area contributed by atoms with Crippen molar-refractivity contribution in [1.82, 2.24) is 9.97 Å². The summed E-state index contributed by atoms with van der Waals surface area (Å²) in [6.07, 6.45) is 1.85. The van der Waals surface area contributed by atoms with Gasteiger partial charge in [-0.2, -0.15) is 0 Å². The van der Waals surface area contributed by atoms with Crippen LogP contribution in [-0.4, -0.2) is 9.97 Å². The number of nitrogens with zero attached hydrogens (tertiary/aromatic N) is 1. The number of hydrogen-bond acceptors (Lipinski definition) is 1. The SMILES string of the molecule is C=Cc1cccc(-c2nc(-c3ccccc3)c(-c3ccccc3)[nH]2)c1. The molecule has 0 saturated heterocycles. The summed E-state index contributed by atoms with van der Waals surface area (Å²) in [6, 6.07) is 28.8. The lowest BCUT2D eigenvalue weighted by Gasteiger charge is -2.02. The maximum Gasteiger partial charge on any atom is 0.138 e. The van der Waals surface area contributed by atoms with E-state index in [1.54, 1.807) is 0 Å². The lowest BCUT2D eigenvalue weighted by molar-refractivity contribution is 1.31. The van der Waals surface area contributed by atoms with Crippen LogP contribution in [0.1, 0.15) is 5.56 Å². The molecule has 1 N–H and O–H groups in total. The van der Waals surface area contributed by atoms with Crippen molar-refractivity contribution < 1.29 is 0 Å². The van der Waals surface area contributed by atoms with Crippen molar-refractivity contribution in [2.24, 2.45) is 0 Å². The monoisotopic (exact) mass is 322 g/mol. The van der Waals surface area contributed by atoms with Crippen LogP contribution in [0.4, 0.5) is 0 Å². The number of hydrogen-bond donors (Lipinski definition) is 1. The van der Waals surface area contributed by atoms with Gasteiger partial charge in [0.25, 0.3) is 0 Å². The molecule has 0 atom stereocenters. The first-order valence-corrected chi connectivity index (χ1v) is 8.29. The van der Waals surface area contributed by atoms with E-state index in [1.165, 1.54) is 0 Å². The van der Waals surface area contributed by atoms with Gasteiger partial charge in [0.05, 0.1) is 11.4 Å². The Balaban J connectivity index is 1.90. The molecule has 1 aromatic heterocycles. The molecule has 2 heteroatoms. The van der Waals surface area contributed by atoms with E-state index in [0.717, 1.165) is 39.5 Å². The highest BCUT2D eigenvalue weighted by Gasteiger charge is 2.14. The van der Waals surface area contributed by atoms with Crippen LogP contribution in [0, 0.1) is 0 Å². The Morgan fingerprint density at radius 3 is 2.04 bits per heavy atom. The standard InChI is InChI=1S/C23H18N2/c1-2-17-10-9-15-20(16-17)23-24-21(18-11-5-3-6-12-18)22(25-23)19-13-7-4-8-14-19/h2-16H,1H2,(H,24,25). The molecule has 25 heavy (non-hydrogen) atoms. The quantitative estimate of drug-likeness (QED) is 0.486. The minimum absolute atomic E-state index is 0.862. The number of nitrogens with one attached hydrogen (secondary N) is 1. The highest BCUT2D eigenvalue weighted by Crippen LogP contribution is 2.33. The van der Waals surface area contributed by atoms with Crippen LogP contribution in [0.3, 0.4) is 0 Å². The second-order valence-corrected chi connectivity index (χ2v) is 5.87. The molecule has 0 aliphatic heterocycles. The maximum atomic E-state index is 4.91. The van der Waals surface area contributed by atoms with Gasteiger partial charge in [-0.25, -0.2) is 4.98 Å². The fourth-order valence-corrected chi connectivity index (χ4v) is 2.94. The van der Waals surface area contributed by atoms with E-state index in [0.29, 0.717) is 0 Å². The second-order valence-electron chi connectivity index (χ2n) is 5.87. The number of aromatic nitrogens is 2. The third kappa shape index (κ3) is 3.02. The molecule has 0 aliphatic rings. The van der Waals surface area contributed by atoms with Gasteiger partial charge in [0.15, 0.2) is 0 Å². The molecule has 4 rings (SSSR count). The Hall–Kier alpha value is -3.39. The summed E-state index contributed by atoms with van der Waals surface area (Å²) in [7, 11) is 0. The number of imidazole rings is 1. The average molecular weight is 322 g/mol. The minimum Gasteiger partial charge on any atom is -0.337 e. The maximum absolute atomic E-state index is 4.91. The Kier molecular flexibility index (Phi) is 4.01. The van der Waals surface area contributed by atoms with E-state index in [2.05, 4.69) is 48.0 Å². The number of benzene rings is 3. The first-order valence-electron chi connectivity index (χ1n) is 8.29. The summed E-state index contributed by atoms with van der Waals surface area (Å²) < 4.78 is 0. The van der Waals surface area contributed by atoms with E-state index in [4.69, 9.17) is 4.98 Å². The molecule has 0 aliphatic carbocycles. The zero-order chi connectivity index (χ0) is 17.1. The van der Waals surface area contributed by atoms with Crippen molar-refractivity contribution in [2.75, 3.05) is 0 Å². The zero-order valence-electron chi connectivity index (χ0n) is 13.8. The van der Waals surface area contributed by atoms with Crippen LogP contribution in [-0.2, 0) is 0 Å². The van der Waals surface area contributed by atoms with Crippen LogP contribution >= 0.6 is 0 Å². The largest absolute Gasteiger partial charge is 0.337 e. The Bertz CT molecular complexity index is 942. The highest BCUT2D eigenvalue weighted by molar-refractivity contribution is 5.81. The van der Waals surface area contributed by atoms with E-state index in [-0.39, 0.29) is 0 Å². The summed E-state index contributed by atoms with van der Waals surface area (Å²) in [4.78, 5) is 8.43. The van der Waals surface area contributed by atoms with Gasteiger partial charge in [-0.3, -0.25) is 0 Å². The Morgan fingerprint density at radius 1 is 0.720 bits per heavy atom. The van der Waals surface area contributed by atoms with E-state index >= 15 is 0 Å². The fraction of sp³-hybridized carbons (Fsp3) is 0. The molecule has 0 fully saturated rings. The van der Waals surface area contributed by atoms with Crippen molar-refractivity contribution in [3.8, 4) is 33.9 Å². The van der Waals surface area contributed by atoms with E-state index in [1.807, 2.05) is 54.6 Å². The van der Waals surface area contributed by atoms with Gasteiger partial charge >= 0.3 is 0 Å². The average Bonchev–Trinajstić information content (AvgIpc) is 3.15. The molecule has 0 spiro atoms. The first-order chi connectivity index (χ1) is 12.3. The van der Waals surface area contributed by atoms with Crippen molar-refractivity contribution in [3.05, 3.63) is 97.1 Å². The van der Waals surface area contributed by atoms with Crippen LogP contribution in [0.5, 0.6) is 0 Å². The van der Waals surface area contributed by atoms with Gasteiger partial charge in [-0.15, -0.1) is 0 Å². The van der Waals surface area contributed by atoms with Crippen LogP contribution in [0.15, 0.2) is 91.5 Å². The summed E-state index contributed by atoms with van der Waals surface area (Å²) in [6.45, 7) is 3.85. The van der Waals surface area contributed by atoms with Gasteiger partial charge in [-0.05, 0) is 11.6 Å². The molecule has 0 radical (unpaired) electrons. The number of aromatic amines is 1. The minimum atomic E-state index is 0.862. The molecule has 120 valence electrons. The van der Waals surface area contributed by atoms with Crippen molar-refractivity contribution >= 4 is 6.08 Å². The van der Waals surface area contributed by atoms with Crippen molar-refractivity contribution in [2.45, 2.75) is 0 Å². The van der Waals surface area contributed by atoms with Crippen LogP contribution in [0.2, 0.25) is 0 Å². The highest BCUT2D eigenvalue weighted by atomic mass is 14.9. The van der Waals surface area contributed by atoms with Gasteiger partial charge < -0.3 is 4.98 Å². The van der Waals surface area contributed by atoms with E-state index < -0.39 is 0 Å². The Morgan fingerprint density at radius 2 is 1.36 bits per heavy atom. The number of H-pyrrole nitrogens is 1. The predicted octanol–water partition coefficient (Wildman–Crippen LogP) is 6.05. The smallest absolute Gasteiger partial charge is 0.138 e. The van der Waals surface area contributed by atoms with Gasteiger partial charge in [-0.1, -0.05) is 91.5 Å². The summed E-state index contributed by atoms with van der Waals surface area (Å²) in [5.74, 6) is 0.862. The fourth-order valence-electron chi connectivity index (χ4n) is 2.94. The summed E-state index contributed by atoms with van der Waals surface area (Å²) in [5, 5.41) is 0. The summed E-state index contributed by atoms with van der Waals surface area (Å²) >= 11 is 0. The molecule has 2 nitrogen and oxygen atoms in total. The molecule has 0 amide bonds. The van der Waals surface area contributed by atoms with Gasteiger partial charge in [0, 0.05) is 16.7 Å². The zero-order valence-corrected chi connectivity index (χ0v) is 13.8. The van der Waals surface area contributed by atoms with Gasteiger partial charge in [0.2, 0.25) is 0 Å². The summed E-state index contributed by atoms with van der Waals surface area (Å²) in [5.41, 5.74) is 6.36. The first kappa shape index (κ1) is 15.2.